The van der Waals surface area contributed by atoms with Gasteiger partial charge in [0, 0.05) is 6.54 Å². The first kappa shape index (κ1) is 14.7. The Balaban J connectivity index is 2.02. The SMILES string of the molecule is CC1(C)CCCN2C(=O)N(c3ccc(Cl)c(Cl)c3)C(=O)C21. The summed E-state index contributed by atoms with van der Waals surface area (Å²) in [6, 6.07) is 4.15. The highest BCUT2D eigenvalue weighted by molar-refractivity contribution is 6.42. The fourth-order valence-electron chi connectivity index (χ4n) is 3.27. The van der Waals surface area contributed by atoms with Gasteiger partial charge in [0.1, 0.15) is 6.04 Å². The Hall–Kier alpha value is -1.26. The predicted molar refractivity (Wildman–Crippen MR) is 82.9 cm³/mol. The molecule has 1 aromatic rings. The van der Waals surface area contributed by atoms with E-state index in [0.29, 0.717) is 22.3 Å². The number of benzene rings is 1. The minimum Gasteiger partial charge on any atom is -0.311 e. The predicted octanol–water partition coefficient (Wildman–Crippen LogP) is 3.95. The van der Waals surface area contributed by atoms with Gasteiger partial charge in [-0.1, -0.05) is 37.0 Å². The summed E-state index contributed by atoms with van der Waals surface area (Å²) < 4.78 is 0. The van der Waals surface area contributed by atoms with Crippen molar-refractivity contribution in [2.75, 3.05) is 11.4 Å². The van der Waals surface area contributed by atoms with Crippen LogP contribution in [0.3, 0.4) is 0 Å². The lowest BCUT2D eigenvalue weighted by molar-refractivity contribution is -0.124. The molecule has 0 saturated carbocycles. The van der Waals surface area contributed by atoms with E-state index in [2.05, 4.69) is 0 Å². The van der Waals surface area contributed by atoms with E-state index in [0.717, 1.165) is 12.8 Å². The monoisotopic (exact) mass is 326 g/mol. The van der Waals surface area contributed by atoms with Crippen molar-refractivity contribution in [1.29, 1.82) is 0 Å². The van der Waals surface area contributed by atoms with Crippen LogP contribution in [-0.2, 0) is 4.79 Å². The molecule has 3 rings (SSSR count). The molecule has 3 amide bonds. The van der Waals surface area contributed by atoms with Crippen molar-refractivity contribution in [2.45, 2.75) is 32.7 Å². The zero-order chi connectivity index (χ0) is 15.4. The highest BCUT2D eigenvalue weighted by Gasteiger charge is 2.54. The molecule has 2 saturated heterocycles. The van der Waals surface area contributed by atoms with Gasteiger partial charge < -0.3 is 4.90 Å². The lowest BCUT2D eigenvalue weighted by Crippen LogP contribution is -2.49. The van der Waals surface area contributed by atoms with Crippen LogP contribution < -0.4 is 4.90 Å². The van der Waals surface area contributed by atoms with Gasteiger partial charge in [-0.3, -0.25) is 4.79 Å². The summed E-state index contributed by atoms with van der Waals surface area (Å²) in [5.74, 6) is -0.178. The van der Waals surface area contributed by atoms with Crippen LogP contribution in [0.4, 0.5) is 10.5 Å². The van der Waals surface area contributed by atoms with Crippen molar-refractivity contribution in [3.8, 4) is 0 Å². The van der Waals surface area contributed by atoms with E-state index in [-0.39, 0.29) is 17.4 Å². The van der Waals surface area contributed by atoms with E-state index >= 15 is 0 Å². The van der Waals surface area contributed by atoms with Crippen LogP contribution in [0.15, 0.2) is 18.2 Å². The van der Waals surface area contributed by atoms with Gasteiger partial charge in [0.25, 0.3) is 5.91 Å². The molecular formula is C15H16Cl2N2O2. The Labute approximate surface area is 133 Å². The van der Waals surface area contributed by atoms with Gasteiger partial charge in [-0.25, -0.2) is 9.69 Å². The summed E-state index contributed by atoms with van der Waals surface area (Å²) in [7, 11) is 0. The van der Waals surface area contributed by atoms with E-state index in [1.165, 1.54) is 4.90 Å². The number of carbonyl (C=O) groups is 2. The van der Waals surface area contributed by atoms with Crippen molar-refractivity contribution in [3.63, 3.8) is 0 Å². The Bertz CT molecular complexity index is 630. The smallest absolute Gasteiger partial charge is 0.311 e. The van der Waals surface area contributed by atoms with Gasteiger partial charge in [-0.15, -0.1) is 0 Å². The number of amides is 3. The molecular weight excluding hydrogens is 311 g/mol. The van der Waals surface area contributed by atoms with Crippen molar-refractivity contribution in [1.82, 2.24) is 4.90 Å². The summed E-state index contributed by atoms with van der Waals surface area (Å²) in [5.41, 5.74) is 0.264. The standard InChI is InChI=1S/C15H16Cl2N2O2/c1-15(2)6-3-7-18-12(15)13(20)19(14(18)21)9-4-5-10(16)11(17)8-9/h4-5,8,12H,3,6-7H2,1-2H3. The second-order valence-corrected chi connectivity index (χ2v) is 7.06. The van der Waals surface area contributed by atoms with Gasteiger partial charge in [-0.05, 0) is 36.5 Å². The van der Waals surface area contributed by atoms with Crippen molar-refractivity contribution >= 4 is 40.8 Å². The molecule has 6 heteroatoms. The molecule has 4 nitrogen and oxygen atoms in total. The second-order valence-electron chi connectivity index (χ2n) is 6.24. The third-order valence-electron chi connectivity index (χ3n) is 4.32. The summed E-state index contributed by atoms with van der Waals surface area (Å²) >= 11 is 11.9. The molecule has 0 aliphatic carbocycles. The number of urea groups is 1. The van der Waals surface area contributed by atoms with Crippen LogP contribution >= 0.6 is 23.2 Å². The van der Waals surface area contributed by atoms with Gasteiger partial charge in [0.15, 0.2) is 0 Å². The molecule has 1 atom stereocenters. The highest BCUT2D eigenvalue weighted by Crippen LogP contribution is 2.41. The maximum atomic E-state index is 12.7. The minimum atomic E-state index is -0.395. The third kappa shape index (κ3) is 2.21. The van der Waals surface area contributed by atoms with E-state index in [9.17, 15) is 9.59 Å². The number of nitrogens with zero attached hydrogens (tertiary/aromatic N) is 2. The van der Waals surface area contributed by atoms with E-state index in [1.54, 1.807) is 23.1 Å². The number of hydrogen-bond acceptors (Lipinski definition) is 2. The third-order valence-corrected chi connectivity index (χ3v) is 5.06. The van der Waals surface area contributed by atoms with Crippen LogP contribution in [0.5, 0.6) is 0 Å². The molecule has 0 N–H and O–H groups in total. The number of hydrogen-bond donors (Lipinski definition) is 0. The van der Waals surface area contributed by atoms with Crippen LogP contribution in [0.2, 0.25) is 10.0 Å². The Morgan fingerprint density at radius 1 is 1.19 bits per heavy atom. The number of anilines is 1. The molecule has 0 bridgehead atoms. The first-order valence-corrected chi connectivity index (χ1v) is 7.68. The Morgan fingerprint density at radius 3 is 2.52 bits per heavy atom. The highest BCUT2D eigenvalue weighted by atomic mass is 35.5. The zero-order valence-electron chi connectivity index (χ0n) is 11.9. The second kappa shape index (κ2) is 4.89. The summed E-state index contributed by atoms with van der Waals surface area (Å²) in [6.07, 6.45) is 1.85. The average molecular weight is 327 g/mol. The molecule has 2 heterocycles. The quantitative estimate of drug-likeness (QED) is 0.733. The number of piperidine rings is 1. The lowest BCUT2D eigenvalue weighted by Gasteiger charge is -2.39. The lowest BCUT2D eigenvalue weighted by atomic mass is 9.77. The fraction of sp³-hybridized carbons (Fsp3) is 0.467. The maximum Gasteiger partial charge on any atom is 0.332 e. The molecule has 0 aromatic heterocycles. The van der Waals surface area contributed by atoms with Crippen LogP contribution in [0.25, 0.3) is 0 Å². The molecule has 0 radical (unpaired) electrons. The van der Waals surface area contributed by atoms with Crippen molar-refractivity contribution < 1.29 is 9.59 Å². The molecule has 1 unspecified atom stereocenters. The molecule has 21 heavy (non-hydrogen) atoms. The molecule has 2 aliphatic rings. The molecule has 2 fully saturated rings. The Kier molecular flexibility index (Phi) is 3.41. The first-order chi connectivity index (χ1) is 9.83. The molecule has 112 valence electrons. The average Bonchev–Trinajstić information content (AvgIpc) is 2.66. The molecule has 2 aliphatic heterocycles. The van der Waals surface area contributed by atoms with E-state index < -0.39 is 6.04 Å². The zero-order valence-corrected chi connectivity index (χ0v) is 13.4. The first-order valence-electron chi connectivity index (χ1n) is 6.92. The van der Waals surface area contributed by atoms with Crippen molar-refractivity contribution in [3.05, 3.63) is 28.2 Å². The summed E-state index contributed by atoms with van der Waals surface area (Å²) in [4.78, 5) is 28.2. The number of rotatable bonds is 1. The van der Waals surface area contributed by atoms with Gasteiger partial charge >= 0.3 is 6.03 Å². The van der Waals surface area contributed by atoms with Crippen LogP contribution in [-0.4, -0.2) is 29.4 Å². The Morgan fingerprint density at radius 2 is 1.90 bits per heavy atom. The number of imide groups is 1. The minimum absolute atomic E-state index is 0.178. The van der Waals surface area contributed by atoms with E-state index in [1.807, 2.05) is 13.8 Å². The largest absolute Gasteiger partial charge is 0.332 e. The number of halogens is 2. The normalized spacial score (nSPS) is 24.5. The van der Waals surface area contributed by atoms with Crippen LogP contribution in [0, 0.1) is 5.41 Å². The summed E-state index contributed by atoms with van der Waals surface area (Å²) in [6.45, 7) is 4.69. The topological polar surface area (TPSA) is 40.6 Å². The summed E-state index contributed by atoms with van der Waals surface area (Å²) in [5, 5.41) is 0.733. The van der Waals surface area contributed by atoms with Gasteiger partial charge in [0.2, 0.25) is 0 Å². The van der Waals surface area contributed by atoms with Gasteiger partial charge in [0.05, 0.1) is 15.7 Å². The van der Waals surface area contributed by atoms with Gasteiger partial charge in [-0.2, -0.15) is 0 Å². The van der Waals surface area contributed by atoms with E-state index in [4.69, 9.17) is 23.2 Å². The maximum absolute atomic E-state index is 12.7. The number of carbonyl (C=O) groups excluding carboxylic acids is 2. The van der Waals surface area contributed by atoms with Crippen LogP contribution in [0.1, 0.15) is 26.7 Å². The number of fused-ring (bicyclic) bond motifs is 1. The molecule has 1 aromatic carbocycles. The molecule has 0 spiro atoms. The fourth-order valence-corrected chi connectivity index (χ4v) is 3.57. The van der Waals surface area contributed by atoms with Crippen molar-refractivity contribution in [2.24, 2.45) is 5.41 Å².